The third-order valence-corrected chi connectivity index (χ3v) is 2.89. The van der Waals surface area contributed by atoms with E-state index in [0.29, 0.717) is 12.0 Å². The third kappa shape index (κ3) is 3.95. The zero-order valence-corrected chi connectivity index (χ0v) is 11.6. The Kier molecular flexibility index (Phi) is 5.79. The molecular formula is C15H20N2O2. The Labute approximate surface area is 114 Å². The number of methoxy groups -OCH3 is 1. The van der Waals surface area contributed by atoms with Crippen molar-refractivity contribution in [2.24, 2.45) is 5.73 Å². The van der Waals surface area contributed by atoms with E-state index >= 15 is 0 Å². The summed E-state index contributed by atoms with van der Waals surface area (Å²) in [7, 11) is 1.48. The maximum atomic E-state index is 11.5. The van der Waals surface area contributed by atoms with E-state index < -0.39 is 5.91 Å². The quantitative estimate of drug-likeness (QED) is 0.800. The number of rotatable bonds is 6. The molecule has 1 aromatic rings. The van der Waals surface area contributed by atoms with Gasteiger partial charge in [-0.05, 0) is 31.4 Å². The largest absolute Gasteiger partial charge is 0.480 e. The van der Waals surface area contributed by atoms with Crippen LogP contribution in [-0.4, -0.2) is 18.0 Å². The van der Waals surface area contributed by atoms with E-state index in [1.54, 1.807) is 12.3 Å². The molecule has 0 aliphatic heterocycles. The monoisotopic (exact) mass is 260 g/mol. The average molecular weight is 260 g/mol. The number of carbonyl (C=O) groups excluding carboxylic acids is 1. The third-order valence-electron chi connectivity index (χ3n) is 2.89. The number of aromatic nitrogens is 1. The normalized spacial score (nSPS) is 11.8. The van der Waals surface area contributed by atoms with Crippen LogP contribution in [0.25, 0.3) is 0 Å². The van der Waals surface area contributed by atoms with Gasteiger partial charge in [0.1, 0.15) is 5.56 Å². The smallest absolute Gasteiger partial charge is 0.254 e. The van der Waals surface area contributed by atoms with Crippen molar-refractivity contribution in [2.75, 3.05) is 7.11 Å². The first-order valence-electron chi connectivity index (χ1n) is 6.27. The van der Waals surface area contributed by atoms with Gasteiger partial charge in [-0.2, -0.15) is 0 Å². The highest BCUT2D eigenvalue weighted by Crippen LogP contribution is 2.19. The van der Waals surface area contributed by atoms with Gasteiger partial charge in [0.15, 0.2) is 0 Å². The molecule has 0 unspecified atom stereocenters. The number of hydrogen-bond donors (Lipinski definition) is 1. The molecule has 102 valence electrons. The van der Waals surface area contributed by atoms with Crippen molar-refractivity contribution in [1.82, 2.24) is 4.98 Å². The second kappa shape index (κ2) is 7.36. The summed E-state index contributed by atoms with van der Waals surface area (Å²) in [5.41, 5.74) is 7.81. The molecule has 1 amide bonds. The number of hydrogen-bond acceptors (Lipinski definition) is 3. The molecule has 0 fully saturated rings. The highest BCUT2D eigenvalue weighted by Gasteiger charge is 2.14. The zero-order chi connectivity index (χ0) is 14.3. The number of pyridine rings is 1. The maximum absolute atomic E-state index is 11.5. The molecule has 0 saturated carbocycles. The molecule has 1 heterocycles. The van der Waals surface area contributed by atoms with E-state index in [9.17, 15) is 4.79 Å². The number of carbonyl (C=O) groups is 1. The highest BCUT2D eigenvalue weighted by molar-refractivity contribution is 5.96. The van der Waals surface area contributed by atoms with Crippen molar-refractivity contribution < 1.29 is 9.53 Å². The van der Waals surface area contributed by atoms with Crippen LogP contribution in [0.4, 0.5) is 0 Å². The Morgan fingerprint density at radius 1 is 1.53 bits per heavy atom. The molecule has 0 aliphatic carbocycles. The van der Waals surface area contributed by atoms with Gasteiger partial charge in [0.2, 0.25) is 5.88 Å². The second-order valence-corrected chi connectivity index (χ2v) is 4.04. The standard InChI is InChI=1S/C15H20N2O2/c1-4-11(5-2)7-6-8-12-9-10-17-15(19-3)13(12)14(16)18/h4,6-7,9-10H,5,8H2,1-3H3,(H2,16,18). The maximum Gasteiger partial charge on any atom is 0.254 e. The van der Waals surface area contributed by atoms with Crippen LogP contribution in [0.2, 0.25) is 0 Å². The van der Waals surface area contributed by atoms with E-state index in [0.717, 1.165) is 12.0 Å². The van der Waals surface area contributed by atoms with E-state index in [1.807, 2.05) is 13.0 Å². The lowest BCUT2D eigenvalue weighted by molar-refractivity contribution is 0.0996. The lowest BCUT2D eigenvalue weighted by atomic mass is 10.0. The number of allylic oxidation sites excluding steroid dienone is 4. The summed E-state index contributed by atoms with van der Waals surface area (Å²) < 4.78 is 5.07. The van der Waals surface area contributed by atoms with Crippen LogP contribution in [0.15, 0.2) is 36.1 Å². The van der Waals surface area contributed by atoms with Crippen LogP contribution in [-0.2, 0) is 6.42 Å². The van der Waals surface area contributed by atoms with Gasteiger partial charge in [-0.1, -0.05) is 30.7 Å². The topological polar surface area (TPSA) is 65.2 Å². The van der Waals surface area contributed by atoms with Crippen LogP contribution >= 0.6 is 0 Å². The van der Waals surface area contributed by atoms with Crippen molar-refractivity contribution in [3.8, 4) is 5.88 Å². The summed E-state index contributed by atoms with van der Waals surface area (Å²) in [6.45, 7) is 4.11. The van der Waals surface area contributed by atoms with Crippen LogP contribution in [0.1, 0.15) is 36.2 Å². The molecule has 0 aliphatic rings. The summed E-state index contributed by atoms with van der Waals surface area (Å²) >= 11 is 0. The van der Waals surface area contributed by atoms with Gasteiger partial charge in [-0.3, -0.25) is 4.79 Å². The Balaban J connectivity index is 2.99. The lowest BCUT2D eigenvalue weighted by Gasteiger charge is -2.08. The molecule has 0 saturated heterocycles. The van der Waals surface area contributed by atoms with E-state index in [-0.39, 0.29) is 5.88 Å². The number of nitrogens with two attached hydrogens (primary N) is 1. The Morgan fingerprint density at radius 3 is 2.79 bits per heavy atom. The van der Waals surface area contributed by atoms with Gasteiger partial charge in [-0.15, -0.1) is 0 Å². The molecule has 2 N–H and O–H groups in total. The highest BCUT2D eigenvalue weighted by atomic mass is 16.5. The van der Waals surface area contributed by atoms with Gasteiger partial charge in [-0.25, -0.2) is 4.98 Å². The van der Waals surface area contributed by atoms with Gasteiger partial charge in [0.05, 0.1) is 7.11 Å². The van der Waals surface area contributed by atoms with Crippen LogP contribution in [0, 0.1) is 0 Å². The summed E-state index contributed by atoms with van der Waals surface area (Å²) in [6, 6.07) is 1.79. The minimum atomic E-state index is -0.518. The summed E-state index contributed by atoms with van der Waals surface area (Å²) in [5, 5.41) is 0. The van der Waals surface area contributed by atoms with Gasteiger partial charge in [0, 0.05) is 6.20 Å². The van der Waals surface area contributed by atoms with E-state index in [4.69, 9.17) is 10.5 Å². The first kappa shape index (κ1) is 15.0. The SMILES string of the molecule is CC=C(C=CCc1ccnc(OC)c1C(N)=O)CC. The lowest BCUT2D eigenvalue weighted by Crippen LogP contribution is -2.16. The zero-order valence-electron chi connectivity index (χ0n) is 11.6. The number of primary amides is 1. The molecular weight excluding hydrogens is 240 g/mol. The summed E-state index contributed by atoms with van der Waals surface area (Å²) in [5.74, 6) is -0.241. The minimum Gasteiger partial charge on any atom is -0.480 e. The molecule has 0 aromatic carbocycles. The first-order chi connectivity index (χ1) is 9.13. The van der Waals surface area contributed by atoms with E-state index in [1.165, 1.54) is 12.7 Å². The van der Waals surface area contributed by atoms with Crippen LogP contribution in [0.5, 0.6) is 5.88 Å². The molecule has 0 radical (unpaired) electrons. The molecule has 4 heteroatoms. The molecule has 1 rings (SSSR count). The van der Waals surface area contributed by atoms with Crippen molar-refractivity contribution in [3.63, 3.8) is 0 Å². The molecule has 0 atom stereocenters. The molecule has 4 nitrogen and oxygen atoms in total. The number of amides is 1. The Hall–Kier alpha value is -2.10. The summed E-state index contributed by atoms with van der Waals surface area (Å²) in [6.07, 6.45) is 9.35. The van der Waals surface area contributed by atoms with Gasteiger partial charge in [0.25, 0.3) is 5.91 Å². The van der Waals surface area contributed by atoms with E-state index in [2.05, 4.69) is 24.1 Å². The molecule has 19 heavy (non-hydrogen) atoms. The predicted octanol–water partition coefficient (Wildman–Crippen LogP) is 2.64. The van der Waals surface area contributed by atoms with Crippen LogP contribution in [0.3, 0.4) is 0 Å². The molecule has 0 bridgehead atoms. The fraction of sp³-hybridized carbons (Fsp3) is 0.333. The van der Waals surface area contributed by atoms with Crippen molar-refractivity contribution >= 4 is 5.91 Å². The summed E-state index contributed by atoms with van der Waals surface area (Å²) in [4.78, 5) is 15.5. The first-order valence-corrected chi connectivity index (χ1v) is 6.27. The van der Waals surface area contributed by atoms with Crippen LogP contribution < -0.4 is 10.5 Å². The second-order valence-electron chi connectivity index (χ2n) is 4.04. The number of nitrogens with zero attached hydrogens (tertiary/aromatic N) is 1. The average Bonchev–Trinajstić information content (AvgIpc) is 2.42. The molecule has 1 aromatic heterocycles. The van der Waals surface area contributed by atoms with Gasteiger partial charge < -0.3 is 10.5 Å². The van der Waals surface area contributed by atoms with Crippen molar-refractivity contribution in [2.45, 2.75) is 26.7 Å². The molecule has 0 spiro atoms. The predicted molar refractivity (Wildman–Crippen MR) is 76.2 cm³/mol. The Morgan fingerprint density at radius 2 is 2.26 bits per heavy atom. The van der Waals surface area contributed by atoms with Crippen molar-refractivity contribution in [1.29, 1.82) is 0 Å². The fourth-order valence-corrected chi connectivity index (χ4v) is 1.82. The van der Waals surface area contributed by atoms with Crippen molar-refractivity contribution in [3.05, 3.63) is 47.2 Å². The minimum absolute atomic E-state index is 0.278. The fourth-order valence-electron chi connectivity index (χ4n) is 1.82. The van der Waals surface area contributed by atoms with Gasteiger partial charge >= 0.3 is 0 Å². The Bertz CT molecular complexity index is 505. The number of ether oxygens (including phenoxy) is 1.